The second-order valence-electron chi connectivity index (χ2n) is 7.86. The molecule has 0 fully saturated rings. The molecule has 1 aliphatic rings. The molecule has 0 aromatic heterocycles. The highest BCUT2D eigenvalue weighted by Crippen LogP contribution is 2.27. The summed E-state index contributed by atoms with van der Waals surface area (Å²) in [6.45, 7) is 3.83. The molecule has 2 aromatic rings. The van der Waals surface area contributed by atoms with Crippen LogP contribution in [0.2, 0.25) is 0 Å². The Morgan fingerprint density at radius 1 is 1.12 bits per heavy atom. The molecule has 182 valence electrons. The van der Waals surface area contributed by atoms with E-state index in [1.165, 1.54) is 0 Å². The molecule has 9 nitrogen and oxygen atoms in total. The van der Waals surface area contributed by atoms with Gasteiger partial charge in [-0.05, 0) is 30.7 Å². The van der Waals surface area contributed by atoms with Crippen LogP contribution in [-0.4, -0.2) is 61.6 Å². The summed E-state index contributed by atoms with van der Waals surface area (Å²) >= 11 is 0. The molecule has 0 saturated carbocycles. The summed E-state index contributed by atoms with van der Waals surface area (Å²) in [5.41, 5.74) is 4.31. The Balaban J connectivity index is 1.50. The predicted octanol–water partition coefficient (Wildman–Crippen LogP) is 1.85. The molecule has 1 heterocycles. The summed E-state index contributed by atoms with van der Waals surface area (Å²) < 4.78 is 11.5. The van der Waals surface area contributed by atoms with E-state index in [0.29, 0.717) is 67.4 Å². The third-order valence-corrected chi connectivity index (χ3v) is 5.08. The van der Waals surface area contributed by atoms with E-state index in [4.69, 9.17) is 9.47 Å². The standard InChI is InChI=1S/C25H32N4O5/c1-2-15-33-24-20(22-11-12-23(31)29-28-22)9-6-10-21(24)25(32)27-14-13-26-16-18(30)17-34-19-7-4-3-5-8-19/h3-10,18,26,30H,2,11-17H2,1H3,(H,27,32)(H,29,31). The maximum Gasteiger partial charge on any atom is 0.255 e. The summed E-state index contributed by atoms with van der Waals surface area (Å²) in [5, 5.41) is 20.2. The van der Waals surface area contributed by atoms with E-state index in [1.807, 2.05) is 43.3 Å². The minimum atomic E-state index is -0.668. The van der Waals surface area contributed by atoms with Crippen molar-refractivity contribution in [2.75, 3.05) is 32.8 Å². The highest BCUT2D eigenvalue weighted by Gasteiger charge is 2.22. The zero-order chi connectivity index (χ0) is 24.2. The minimum Gasteiger partial charge on any atom is -0.492 e. The summed E-state index contributed by atoms with van der Waals surface area (Å²) in [7, 11) is 0. The van der Waals surface area contributed by atoms with Gasteiger partial charge in [0.05, 0.1) is 17.9 Å². The van der Waals surface area contributed by atoms with Crippen LogP contribution in [-0.2, 0) is 4.79 Å². The lowest BCUT2D eigenvalue weighted by molar-refractivity contribution is -0.121. The first-order chi connectivity index (χ1) is 16.6. The van der Waals surface area contributed by atoms with Crippen LogP contribution >= 0.6 is 0 Å². The molecule has 4 N–H and O–H groups in total. The number of carbonyl (C=O) groups excluding carboxylic acids is 2. The van der Waals surface area contributed by atoms with Gasteiger partial charge in [-0.3, -0.25) is 9.59 Å². The van der Waals surface area contributed by atoms with Crippen molar-refractivity contribution in [2.45, 2.75) is 32.3 Å². The number of para-hydroxylation sites is 2. The Kier molecular flexibility index (Phi) is 9.87. The van der Waals surface area contributed by atoms with Crippen LogP contribution < -0.4 is 25.5 Å². The van der Waals surface area contributed by atoms with E-state index in [2.05, 4.69) is 21.2 Å². The summed E-state index contributed by atoms with van der Waals surface area (Å²) in [6.07, 6.45) is 0.952. The average Bonchev–Trinajstić information content (AvgIpc) is 2.87. The second-order valence-corrected chi connectivity index (χ2v) is 7.86. The van der Waals surface area contributed by atoms with E-state index in [9.17, 15) is 14.7 Å². The number of rotatable bonds is 13. The molecule has 2 amide bonds. The largest absolute Gasteiger partial charge is 0.492 e. The molecule has 9 heteroatoms. The molecular weight excluding hydrogens is 436 g/mol. The number of hydrogen-bond donors (Lipinski definition) is 4. The molecule has 1 atom stereocenters. The van der Waals surface area contributed by atoms with Gasteiger partial charge >= 0.3 is 0 Å². The number of aliphatic hydroxyl groups is 1. The molecule has 0 bridgehead atoms. The number of nitrogens with one attached hydrogen (secondary N) is 3. The third kappa shape index (κ3) is 7.57. The lowest BCUT2D eigenvalue weighted by Gasteiger charge is -2.18. The molecule has 3 rings (SSSR count). The number of carbonyl (C=O) groups is 2. The van der Waals surface area contributed by atoms with Crippen LogP contribution in [0.1, 0.15) is 42.1 Å². The Labute approximate surface area is 199 Å². The molecule has 1 unspecified atom stereocenters. The number of benzene rings is 2. The van der Waals surface area contributed by atoms with Crippen LogP contribution in [0.25, 0.3) is 0 Å². The third-order valence-electron chi connectivity index (χ3n) is 5.08. The SMILES string of the molecule is CCCOc1c(C(=O)NCCNCC(O)COc2ccccc2)cccc1C1=NNC(=O)CC1. The van der Waals surface area contributed by atoms with Crippen LogP contribution in [0.15, 0.2) is 53.6 Å². The first-order valence-corrected chi connectivity index (χ1v) is 11.5. The number of hydrazone groups is 1. The Morgan fingerprint density at radius 3 is 2.68 bits per heavy atom. The molecule has 0 aliphatic carbocycles. The fourth-order valence-electron chi connectivity index (χ4n) is 3.37. The van der Waals surface area contributed by atoms with Gasteiger partial charge in [0.1, 0.15) is 24.2 Å². The van der Waals surface area contributed by atoms with E-state index in [-0.39, 0.29) is 18.4 Å². The quantitative estimate of drug-likeness (QED) is 0.333. The minimum absolute atomic E-state index is 0.127. The lowest BCUT2D eigenvalue weighted by atomic mass is 10.00. The molecule has 0 saturated heterocycles. The van der Waals surface area contributed by atoms with Crippen molar-refractivity contribution in [1.82, 2.24) is 16.1 Å². The highest BCUT2D eigenvalue weighted by atomic mass is 16.5. The fraction of sp³-hybridized carbons (Fsp3) is 0.400. The number of nitrogens with zero attached hydrogens (tertiary/aromatic N) is 1. The fourth-order valence-corrected chi connectivity index (χ4v) is 3.37. The lowest BCUT2D eigenvalue weighted by Crippen LogP contribution is -2.37. The zero-order valence-electron chi connectivity index (χ0n) is 19.4. The molecule has 2 aromatic carbocycles. The second kappa shape index (κ2) is 13.3. The number of aliphatic hydroxyl groups excluding tert-OH is 1. The number of hydrogen-bond acceptors (Lipinski definition) is 7. The average molecular weight is 469 g/mol. The van der Waals surface area contributed by atoms with Crippen molar-refractivity contribution < 1.29 is 24.2 Å². The van der Waals surface area contributed by atoms with Gasteiger partial charge in [-0.1, -0.05) is 31.2 Å². The van der Waals surface area contributed by atoms with Gasteiger partial charge in [-0.15, -0.1) is 0 Å². The molecule has 0 radical (unpaired) electrons. The van der Waals surface area contributed by atoms with Crippen molar-refractivity contribution in [3.63, 3.8) is 0 Å². The van der Waals surface area contributed by atoms with Gasteiger partial charge in [-0.2, -0.15) is 5.10 Å². The molecular formula is C25H32N4O5. The molecule has 0 spiro atoms. The van der Waals surface area contributed by atoms with Gasteiger partial charge in [-0.25, -0.2) is 5.43 Å². The summed E-state index contributed by atoms with van der Waals surface area (Å²) in [5.74, 6) is 0.790. The summed E-state index contributed by atoms with van der Waals surface area (Å²) in [4.78, 5) is 24.3. The smallest absolute Gasteiger partial charge is 0.255 e. The summed E-state index contributed by atoms with van der Waals surface area (Å²) in [6, 6.07) is 14.7. The zero-order valence-corrected chi connectivity index (χ0v) is 19.4. The van der Waals surface area contributed by atoms with E-state index in [1.54, 1.807) is 12.1 Å². The van der Waals surface area contributed by atoms with Crippen molar-refractivity contribution in [2.24, 2.45) is 5.10 Å². The Hall–Kier alpha value is -3.43. The Bertz CT molecular complexity index is 981. The van der Waals surface area contributed by atoms with Crippen LogP contribution in [0.4, 0.5) is 0 Å². The normalized spacial score (nSPS) is 14.1. The van der Waals surface area contributed by atoms with Crippen molar-refractivity contribution in [3.05, 3.63) is 59.7 Å². The van der Waals surface area contributed by atoms with Crippen molar-refractivity contribution >= 4 is 17.5 Å². The monoisotopic (exact) mass is 468 g/mol. The van der Waals surface area contributed by atoms with Gasteiger partial charge in [0.15, 0.2) is 0 Å². The Morgan fingerprint density at radius 2 is 1.94 bits per heavy atom. The first kappa shape index (κ1) is 25.2. The molecule has 34 heavy (non-hydrogen) atoms. The van der Waals surface area contributed by atoms with Crippen LogP contribution in [0.5, 0.6) is 11.5 Å². The van der Waals surface area contributed by atoms with Crippen molar-refractivity contribution in [1.29, 1.82) is 0 Å². The van der Waals surface area contributed by atoms with Gasteiger partial charge in [0.2, 0.25) is 5.91 Å². The van der Waals surface area contributed by atoms with Gasteiger partial charge < -0.3 is 25.2 Å². The van der Waals surface area contributed by atoms with E-state index >= 15 is 0 Å². The van der Waals surface area contributed by atoms with Crippen molar-refractivity contribution in [3.8, 4) is 11.5 Å². The van der Waals surface area contributed by atoms with Crippen LogP contribution in [0, 0.1) is 0 Å². The number of amides is 2. The maximum atomic E-state index is 12.9. The van der Waals surface area contributed by atoms with Gasteiger partial charge in [0.25, 0.3) is 5.91 Å². The first-order valence-electron chi connectivity index (χ1n) is 11.5. The topological polar surface area (TPSA) is 121 Å². The number of ether oxygens (including phenoxy) is 2. The maximum absolute atomic E-state index is 12.9. The highest BCUT2D eigenvalue weighted by molar-refractivity contribution is 6.09. The van der Waals surface area contributed by atoms with E-state index in [0.717, 1.165) is 6.42 Å². The van der Waals surface area contributed by atoms with E-state index < -0.39 is 6.10 Å². The van der Waals surface area contributed by atoms with Gasteiger partial charge in [0, 0.05) is 38.0 Å². The predicted molar refractivity (Wildman–Crippen MR) is 129 cm³/mol. The molecule has 1 aliphatic heterocycles. The van der Waals surface area contributed by atoms with Crippen LogP contribution in [0.3, 0.4) is 0 Å².